The number of nitrogens with zero attached hydrogens (tertiary/aromatic N) is 6. The summed E-state index contributed by atoms with van der Waals surface area (Å²) in [6.07, 6.45) is 0.625. The van der Waals surface area contributed by atoms with E-state index in [1.165, 1.54) is 31.3 Å². The number of nitro groups is 1. The molecule has 2 saturated heterocycles. The van der Waals surface area contributed by atoms with Gasteiger partial charge in [-0.15, -0.1) is 0 Å². The molecule has 8 atom stereocenters. The van der Waals surface area contributed by atoms with Crippen molar-refractivity contribution in [3.63, 3.8) is 0 Å². The van der Waals surface area contributed by atoms with Crippen molar-refractivity contribution in [1.82, 2.24) is 4.90 Å². The van der Waals surface area contributed by atoms with Gasteiger partial charge in [-0.05, 0) is 60.2 Å². The number of hydrogen-bond acceptors (Lipinski definition) is 12. The third kappa shape index (κ3) is 3.72. The van der Waals surface area contributed by atoms with Gasteiger partial charge in [-0.25, -0.2) is 5.01 Å². The van der Waals surface area contributed by atoms with E-state index in [4.69, 9.17) is 18.9 Å². The van der Waals surface area contributed by atoms with Gasteiger partial charge in [0, 0.05) is 23.9 Å². The maximum Gasteiger partial charge on any atom is 0.269 e. The molecule has 8 unspecified atom stereocenters. The van der Waals surface area contributed by atoms with Crippen LogP contribution in [0.15, 0.2) is 71.0 Å². The number of nitro benzene ring substituents is 1. The number of non-ortho nitro benzene ring substituents is 1. The molecule has 2 bridgehead atoms. The Morgan fingerprint density at radius 3 is 2.23 bits per heavy atom. The smallest absolute Gasteiger partial charge is 0.269 e. The highest BCUT2D eigenvalue weighted by Crippen LogP contribution is 2.61. The first-order chi connectivity index (χ1) is 23.3. The molecule has 0 radical (unpaired) electrons. The molecule has 15 heteroatoms. The lowest BCUT2D eigenvalue weighted by atomic mass is 9.76. The Morgan fingerprint density at radius 1 is 0.792 bits per heavy atom. The fraction of sp³-hybridized carbons (Fsp3) is 0.364. The van der Waals surface area contributed by atoms with Crippen molar-refractivity contribution >= 4 is 34.8 Å². The zero-order valence-corrected chi connectivity index (χ0v) is 25.7. The molecular weight excluding hydrogens is 624 g/mol. The Labute approximate surface area is 272 Å². The molecule has 3 aromatic carbocycles. The highest BCUT2D eigenvalue weighted by molar-refractivity contribution is 6.15. The molecule has 2 aliphatic carbocycles. The SMILES string of the molecule is COc1ccc(C2C(N3C(=O)C4C5CC(C4C3=O)C3C5N=NN3c3ccc([N+](=O)[O-])cc3)C(=O)N2c2ccc3c(c2)OCO3)cc1OC. The van der Waals surface area contributed by atoms with Crippen LogP contribution < -0.4 is 28.9 Å². The number of benzene rings is 3. The van der Waals surface area contributed by atoms with Crippen LogP contribution in [0, 0.1) is 33.8 Å². The second kappa shape index (κ2) is 10.1. The lowest BCUT2D eigenvalue weighted by Crippen LogP contribution is -2.67. The molecule has 4 heterocycles. The predicted octanol–water partition coefficient (Wildman–Crippen LogP) is 3.67. The number of carbonyl (C=O) groups excluding carboxylic acids is 3. The molecule has 6 aliphatic rings. The third-order valence-electron chi connectivity index (χ3n) is 10.7. The first-order valence-corrected chi connectivity index (χ1v) is 15.6. The predicted molar refractivity (Wildman–Crippen MR) is 165 cm³/mol. The average Bonchev–Trinajstić information content (AvgIpc) is 3.92. The number of anilines is 2. The summed E-state index contributed by atoms with van der Waals surface area (Å²) in [5, 5.41) is 21.8. The Balaban J connectivity index is 1.06. The van der Waals surface area contributed by atoms with Crippen molar-refractivity contribution in [2.75, 3.05) is 30.9 Å². The van der Waals surface area contributed by atoms with Gasteiger partial charge in [0.25, 0.3) is 11.6 Å². The lowest BCUT2D eigenvalue weighted by molar-refractivity contribution is -0.384. The second-order valence-corrected chi connectivity index (χ2v) is 12.7. The summed E-state index contributed by atoms with van der Waals surface area (Å²) in [6, 6.07) is 14.1. The normalized spacial score (nSPS) is 30.5. The zero-order valence-electron chi connectivity index (χ0n) is 25.7. The van der Waals surface area contributed by atoms with E-state index in [0.717, 1.165) is 0 Å². The minimum Gasteiger partial charge on any atom is -0.493 e. The largest absolute Gasteiger partial charge is 0.493 e. The van der Waals surface area contributed by atoms with Gasteiger partial charge in [0.15, 0.2) is 23.0 Å². The van der Waals surface area contributed by atoms with Gasteiger partial charge >= 0.3 is 0 Å². The second-order valence-electron chi connectivity index (χ2n) is 12.7. The van der Waals surface area contributed by atoms with E-state index < -0.39 is 34.7 Å². The summed E-state index contributed by atoms with van der Waals surface area (Å²) in [5.41, 5.74) is 1.77. The van der Waals surface area contributed by atoms with Crippen LogP contribution in [0.1, 0.15) is 18.0 Å². The van der Waals surface area contributed by atoms with Gasteiger partial charge in [0.2, 0.25) is 18.6 Å². The molecule has 3 amide bonds. The number of rotatable bonds is 7. The van der Waals surface area contributed by atoms with Crippen LogP contribution in [-0.4, -0.2) is 66.7 Å². The van der Waals surface area contributed by atoms with Crippen LogP contribution in [0.25, 0.3) is 0 Å². The Morgan fingerprint density at radius 2 is 1.50 bits per heavy atom. The minimum absolute atomic E-state index is 0.0457. The number of imide groups is 1. The summed E-state index contributed by atoms with van der Waals surface area (Å²) in [4.78, 5) is 56.4. The molecule has 244 valence electrons. The van der Waals surface area contributed by atoms with E-state index in [9.17, 15) is 24.5 Å². The summed E-state index contributed by atoms with van der Waals surface area (Å²) in [5.74, 6) is -0.853. The molecule has 48 heavy (non-hydrogen) atoms. The lowest BCUT2D eigenvalue weighted by Gasteiger charge is -2.50. The van der Waals surface area contributed by atoms with Crippen molar-refractivity contribution in [2.45, 2.75) is 30.6 Å². The molecule has 4 aliphatic heterocycles. The number of likely N-dealkylation sites (tertiary alicyclic amines) is 1. The monoisotopic (exact) mass is 652 g/mol. The van der Waals surface area contributed by atoms with Gasteiger partial charge < -0.3 is 23.8 Å². The van der Waals surface area contributed by atoms with E-state index in [0.29, 0.717) is 46.4 Å². The number of β-lactam (4-membered cyclic amide) rings is 1. The molecule has 0 aromatic heterocycles. The number of fused-ring (bicyclic) bond motifs is 9. The summed E-state index contributed by atoms with van der Waals surface area (Å²) < 4.78 is 22.0. The number of hydrogen-bond donors (Lipinski definition) is 0. The van der Waals surface area contributed by atoms with E-state index in [1.807, 2.05) is 0 Å². The first kappa shape index (κ1) is 28.5. The maximum absolute atomic E-state index is 14.4. The standard InChI is InChI=1S/C33H28N6O9/c1-45-21-9-3-15(11-23(21)46-2)28-30(33(42)36(28)18-8-10-22-24(12-18)48-14-47-22)37-31(40)25-19-13-20(26(25)32(37)41)29-27(19)34-35-38(29)16-4-6-17(7-5-16)39(43)44/h3-12,19-20,25-30H,13-14H2,1-2H3. The van der Waals surface area contributed by atoms with Crippen LogP contribution in [0.3, 0.4) is 0 Å². The van der Waals surface area contributed by atoms with Gasteiger partial charge in [-0.3, -0.25) is 29.4 Å². The van der Waals surface area contributed by atoms with Crippen LogP contribution >= 0.6 is 0 Å². The van der Waals surface area contributed by atoms with Gasteiger partial charge in [-0.2, -0.15) is 5.11 Å². The fourth-order valence-corrected chi connectivity index (χ4v) is 8.75. The molecule has 2 saturated carbocycles. The maximum atomic E-state index is 14.4. The highest BCUT2D eigenvalue weighted by Gasteiger charge is 2.72. The van der Waals surface area contributed by atoms with Gasteiger partial charge in [0.05, 0.1) is 54.8 Å². The summed E-state index contributed by atoms with van der Waals surface area (Å²) in [6.45, 7) is 0.0690. The van der Waals surface area contributed by atoms with E-state index in [2.05, 4.69) is 10.3 Å². The number of methoxy groups -OCH3 is 2. The Kier molecular flexibility index (Phi) is 6.01. The van der Waals surface area contributed by atoms with E-state index in [1.54, 1.807) is 58.4 Å². The molecule has 4 fully saturated rings. The summed E-state index contributed by atoms with van der Waals surface area (Å²) >= 11 is 0. The minimum atomic E-state index is -1.08. The zero-order chi connectivity index (χ0) is 33.0. The summed E-state index contributed by atoms with van der Waals surface area (Å²) in [7, 11) is 3.04. The van der Waals surface area contributed by atoms with E-state index in [-0.39, 0.29) is 48.2 Å². The van der Waals surface area contributed by atoms with Crippen LogP contribution in [0.4, 0.5) is 17.1 Å². The van der Waals surface area contributed by atoms with Gasteiger partial charge in [-0.1, -0.05) is 11.3 Å². The van der Waals surface area contributed by atoms with Crippen molar-refractivity contribution in [1.29, 1.82) is 0 Å². The topological polar surface area (TPSA) is 166 Å². The Hall–Kier alpha value is -5.73. The van der Waals surface area contributed by atoms with E-state index >= 15 is 0 Å². The van der Waals surface area contributed by atoms with Crippen molar-refractivity contribution in [3.8, 4) is 23.0 Å². The molecule has 15 nitrogen and oxygen atoms in total. The van der Waals surface area contributed by atoms with Gasteiger partial charge in [0.1, 0.15) is 6.04 Å². The first-order valence-electron chi connectivity index (χ1n) is 15.6. The van der Waals surface area contributed by atoms with Crippen LogP contribution in [0.5, 0.6) is 23.0 Å². The van der Waals surface area contributed by atoms with Crippen molar-refractivity contribution < 1.29 is 38.3 Å². The van der Waals surface area contributed by atoms with Crippen LogP contribution in [0.2, 0.25) is 0 Å². The molecule has 0 N–H and O–H groups in total. The highest BCUT2D eigenvalue weighted by atomic mass is 16.7. The fourth-order valence-electron chi connectivity index (χ4n) is 8.75. The number of ether oxygens (including phenoxy) is 4. The quantitative estimate of drug-likeness (QED) is 0.159. The molecular formula is C33H28N6O9. The van der Waals surface area contributed by atoms with Crippen molar-refractivity contribution in [2.24, 2.45) is 34.0 Å². The molecule has 9 rings (SSSR count). The Bertz CT molecular complexity index is 1950. The van der Waals surface area contributed by atoms with Crippen molar-refractivity contribution in [3.05, 3.63) is 76.3 Å². The third-order valence-corrected chi connectivity index (χ3v) is 10.7. The molecule has 0 spiro atoms. The number of carbonyl (C=O) groups is 3. The average molecular weight is 653 g/mol. The van der Waals surface area contributed by atoms with Crippen LogP contribution in [-0.2, 0) is 14.4 Å². The number of amides is 3. The molecule has 3 aromatic rings.